The van der Waals surface area contributed by atoms with Gasteiger partial charge in [0, 0.05) is 60.4 Å². The predicted octanol–water partition coefficient (Wildman–Crippen LogP) is 13.0. The molecule has 0 spiro atoms. The van der Waals surface area contributed by atoms with Gasteiger partial charge in [-0.15, -0.1) is 0 Å². The maximum Gasteiger partial charge on any atom is 0.164 e. The molecule has 0 fully saturated rings. The van der Waals surface area contributed by atoms with E-state index < -0.39 is 0 Å². The number of fused-ring (bicyclic) bond motifs is 9. The van der Waals surface area contributed by atoms with E-state index in [0.29, 0.717) is 17.5 Å². The first kappa shape index (κ1) is 31.5. The van der Waals surface area contributed by atoms with Crippen LogP contribution in [0.5, 0.6) is 0 Å². The molecule has 0 aliphatic carbocycles. The van der Waals surface area contributed by atoms with Crippen LogP contribution in [-0.4, -0.2) is 24.1 Å². The highest BCUT2D eigenvalue weighted by Crippen LogP contribution is 2.38. The van der Waals surface area contributed by atoms with Crippen LogP contribution in [0.25, 0.3) is 111 Å². The van der Waals surface area contributed by atoms with Crippen molar-refractivity contribution in [3.05, 3.63) is 188 Å². The summed E-state index contributed by atoms with van der Waals surface area (Å²) in [5.41, 5.74) is 11.0. The second-order valence-corrected chi connectivity index (χ2v) is 14.5. The number of nitrogens with zero attached hydrogens (tertiary/aromatic N) is 5. The van der Waals surface area contributed by atoms with Gasteiger partial charge in [0.2, 0.25) is 0 Å². The highest BCUT2D eigenvalue weighted by Gasteiger charge is 2.19. The van der Waals surface area contributed by atoms with Gasteiger partial charge in [0.25, 0.3) is 0 Å². The summed E-state index contributed by atoms with van der Waals surface area (Å²) in [5.74, 6) is 1.77. The Morgan fingerprint density at radius 3 is 1.40 bits per heavy atom. The molecule has 0 amide bonds. The lowest BCUT2D eigenvalue weighted by Crippen LogP contribution is -2.01. The number of hydrogen-bond acceptors (Lipinski definition) is 4. The first-order chi connectivity index (χ1) is 28.2. The zero-order chi connectivity index (χ0) is 37.5. The summed E-state index contributed by atoms with van der Waals surface area (Å²) in [4.78, 5) is 15.7. The lowest BCUT2D eigenvalue weighted by atomic mass is 10.1. The third kappa shape index (κ3) is 4.94. The van der Waals surface area contributed by atoms with Crippen LogP contribution >= 0.6 is 0 Å². The zero-order valence-corrected chi connectivity index (χ0v) is 30.5. The number of rotatable bonds is 5. The number of benzene rings is 8. The molecule has 6 heteroatoms. The van der Waals surface area contributed by atoms with E-state index in [1.807, 2.05) is 24.3 Å². The summed E-state index contributed by atoms with van der Waals surface area (Å²) < 4.78 is 11.0. The van der Waals surface area contributed by atoms with E-state index in [1.165, 1.54) is 16.2 Å². The molecule has 12 rings (SSSR count). The van der Waals surface area contributed by atoms with E-state index in [-0.39, 0.29) is 0 Å². The monoisotopic (exact) mass is 729 g/mol. The molecule has 12 aromatic rings. The van der Waals surface area contributed by atoms with Crippen molar-refractivity contribution in [3.63, 3.8) is 0 Å². The Kier molecular flexibility index (Phi) is 6.83. The van der Waals surface area contributed by atoms with Crippen LogP contribution in [0.1, 0.15) is 0 Å². The average molecular weight is 730 g/mol. The second-order valence-electron chi connectivity index (χ2n) is 14.5. The molecule has 4 heterocycles. The summed E-state index contributed by atoms with van der Waals surface area (Å²) in [6, 6.07) is 65.6. The van der Waals surface area contributed by atoms with E-state index in [2.05, 4.69) is 173 Å². The molecular weight excluding hydrogens is 699 g/mol. The van der Waals surface area contributed by atoms with Crippen molar-refractivity contribution in [2.75, 3.05) is 0 Å². The highest BCUT2D eigenvalue weighted by atomic mass is 16.3. The van der Waals surface area contributed by atoms with Gasteiger partial charge < -0.3 is 13.6 Å². The Morgan fingerprint density at radius 2 is 0.737 bits per heavy atom. The van der Waals surface area contributed by atoms with Crippen LogP contribution in [0, 0.1) is 0 Å². The fourth-order valence-electron chi connectivity index (χ4n) is 8.56. The minimum atomic E-state index is 0.577. The van der Waals surface area contributed by atoms with Crippen molar-refractivity contribution in [2.45, 2.75) is 0 Å². The van der Waals surface area contributed by atoms with Gasteiger partial charge >= 0.3 is 0 Å². The van der Waals surface area contributed by atoms with Crippen molar-refractivity contribution in [1.29, 1.82) is 0 Å². The second kappa shape index (κ2) is 12.3. The Hall–Kier alpha value is -7.83. The van der Waals surface area contributed by atoms with E-state index in [9.17, 15) is 0 Å². The summed E-state index contributed by atoms with van der Waals surface area (Å²) >= 11 is 0. The molecule has 266 valence electrons. The fraction of sp³-hybridized carbons (Fsp3) is 0. The maximum absolute atomic E-state index is 6.33. The van der Waals surface area contributed by atoms with Crippen molar-refractivity contribution >= 4 is 65.6 Å². The van der Waals surface area contributed by atoms with Crippen LogP contribution in [0.15, 0.2) is 192 Å². The van der Waals surface area contributed by atoms with Crippen molar-refractivity contribution in [1.82, 2.24) is 24.1 Å². The van der Waals surface area contributed by atoms with Gasteiger partial charge in [-0.25, -0.2) is 15.0 Å². The van der Waals surface area contributed by atoms with E-state index in [4.69, 9.17) is 19.4 Å². The normalized spacial score (nSPS) is 11.9. The van der Waals surface area contributed by atoms with Crippen LogP contribution in [0.2, 0.25) is 0 Å². The Balaban J connectivity index is 1.09. The highest BCUT2D eigenvalue weighted by molar-refractivity contribution is 6.11. The first-order valence-electron chi connectivity index (χ1n) is 19.1. The largest absolute Gasteiger partial charge is 0.456 e. The molecule has 0 N–H and O–H groups in total. The summed E-state index contributed by atoms with van der Waals surface area (Å²) in [6.07, 6.45) is 0. The van der Waals surface area contributed by atoms with E-state index >= 15 is 0 Å². The number of aromatic nitrogens is 5. The molecule has 0 saturated heterocycles. The Morgan fingerprint density at radius 1 is 0.298 bits per heavy atom. The minimum Gasteiger partial charge on any atom is -0.456 e. The minimum absolute atomic E-state index is 0.577. The average Bonchev–Trinajstić information content (AvgIpc) is 3.93. The van der Waals surface area contributed by atoms with E-state index in [0.717, 1.165) is 77.5 Å². The standard InChI is InChI=1S/C51H31N5O/c1-3-13-35(14-4-1)55-44-21-11-8-18-38(44)42-29-32(25-28-45(42)55)49-52-50(54-51(53-49)34-24-27-41-40-19-9-12-22-47(40)57-48(41)31-34)33-23-26-39-37-17-7-10-20-43(37)56(46(39)30-33)36-15-5-2-6-16-36/h1-31H. The van der Waals surface area contributed by atoms with E-state index in [1.54, 1.807) is 0 Å². The molecule has 0 bridgehead atoms. The molecular formula is C51H31N5O. The SMILES string of the molecule is c1ccc(-n2c3ccccc3c3cc(-c4nc(-c5ccc6c(c5)oc5ccccc56)nc(-c5ccc6c7ccccc7n(-c7ccccc7)c6c5)n4)ccc32)cc1. The molecule has 0 aliphatic rings. The predicted molar refractivity (Wildman–Crippen MR) is 232 cm³/mol. The molecule has 0 unspecified atom stereocenters. The first-order valence-corrected chi connectivity index (χ1v) is 19.1. The molecule has 6 nitrogen and oxygen atoms in total. The van der Waals surface area contributed by atoms with Crippen molar-refractivity contribution in [2.24, 2.45) is 0 Å². The van der Waals surface area contributed by atoms with Crippen LogP contribution in [0.4, 0.5) is 0 Å². The maximum atomic E-state index is 6.33. The Labute approximate surface area is 326 Å². The smallest absolute Gasteiger partial charge is 0.164 e. The topological polar surface area (TPSA) is 61.7 Å². The van der Waals surface area contributed by atoms with Gasteiger partial charge in [-0.05, 0) is 78.9 Å². The van der Waals surface area contributed by atoms with Gasteiger partial charge in [-0.1, -0.05) is 109 Å². The lowest BCUT2D eigenvalue weighted by molar-refractivity contribution is 0.669. The van der Waals surface area contributed by atoms with Gasteiger partial charge in [-0.3, -0.25) is 0 Å². The van der Waals surface area contributed by atoms with Crippen LogP contribution in [0.3, 0.4) is 0 Å². The van der Waals surface area contributed by atoms with Gasteiger partial charge in [0.05, 0.1) is 22.1 Å². The molecule has 57 heavy (non-hydrogen) atoms. The molecule has 4 aromatic heterocycles. The summed E-state index contributed by atoms with van der Waals surface area (Å²) in [5, 5.41) is 6.81. The Bertz CT molecular complexity index is 3520. The molecule has 8 aromatic carbocycles. The van der Waals surface area contributed by atoms with Crippen LogP contribution in [-0.2, 0) is 0 Å². The zero-order valence-electron chi connectivity index (χ0n) is 30.5. The van der Waals surface area contributed by atoms with Gasteiger partial charge in [-0.2, -0.15) is 0 Å². The van der Waals surface area contributed by atoms with Crippen LogP contribution < -0.4 is 0 Å². The summed E-state index contributed by atoms with van der Waals surface area (Å²) in [7, 11) is 0. The fourth-order valence-corrected chi connectivity index (χ4v) is 8.56. The number of hydrogen-bond donors (Lipinski definition) is 0. The quantitative estimate of drug-likeness (QED) is 0.177. The third-order valence-corrected chi connectivity index (χ3v) is 11.2. The molecule has 0 radical (unpaired) electrons. The summed E-state index contributed by atoms with van der Waals surface area (Å²) in [6.45, 7) is 0. The van der Waals surface area contributed by atoms with Crippen molar-refractivity contribution in [3.8, 4) is 45.5 Å². The van der Waals surface area contributed by atoms with Gasteiger partial charge in [0.1, 0.15) is 11.2 Å². The lowest BCUT2D eigenvalue weighted by Gasteiger charge is -2.11. The number of para-hydroxylation sites is 5. The third-order valence-electron chi connectivity index (χ3n) is 11.2. The molecule has 0 atom stereocenters. The molecule has 0 saturated carbocycles. The number of furan rings is 1. The van der Waals surface area contributed by atoms with Crippen molar-refractivity contribution < 1.29 is 4.42 Å². The molecule has 0 aliphatic heterocycles. The van der Waals surface area contributed by atoms with Gasteiger partial charge in [0.15, 0.2) is 17.5 Å².